The van der Waals surface area contributed by atoms with Crippen LogP contribution in [-0.2, 0) is 6.42 Å². The van der Waals surface area contributed by atoms with E-state index in [1.54, 1.807) is 6.20 Å². The third-order valence-corrected chi connectivity index (χ3v) is 2.18. The molecule has 0 fully saturated rings. The van der Waals surface area contributed by atoms with Crippen LogP contribution in [0.25, 0.3) is 11.4 Å². The van der Waals surface area contributed by atoms with Crippen molar-refractivity contribution in [3.05, 3.63) is 42.2 Å². The van der Waals surface area contributed by atoms with Gasteiger partial charge in [0.05, 0.1) is 0 Å². The number of nitrogens with zero attached hydrogens (tertiary/aromatic N) is 1. The molecule has 0 amide bonds. The Morgan fingerprint density at radius 2 is 2.14 bits per heavy atom. The molecule has 0 atom stereocenters. The van der Waals surface area contributed by atoms with Gasteiger partial charge in [-0.2, -0.15) is 0 Å². The molecule has 14 heavy (non-hydrogen) atoms. The molecule has 3 nitrogen and oxygen atoms in total. The van der Waals surface area contributed by atoms with E-state index in [9.17, 15) is 0 Å². The first-order valence-electron chi connectivity index (χ1n) is 4.69. The van der Waals surface area contributed by atoms with E-state index in [4.69, 9.17) is 5.73 Å². The monoisotopic (exact) mass is 187 g/mol. The molecule has 0 aliphatic heterocycles. The SMILES string of the molecule is NCCc1ccccc1-c1ncc[nH]1. The van der Waals surface area contributed by atoms with Gasteiger partial charge >= 0.3 is 0 Å². The summed E-state index contributed by atoms with van der Waals surface area (Å²) in [7, 11) is 0. The molecule has 0 unspecified atom stereocenters. The Kier molecular flexibility index (Phi) is 2.60. The molecule has 3 heteroatoms. The van der Waals surface area contributed by atoms with Gasteiger partial charge in [0.25, 0.3) is 0 Å². The van der Waals surface area contributed by atoms with Crippen LogP contribution in [0.5, 0.6) is 0 Å². The van der Waals surface area contributed by atoms with Crippen molar-refractivity contribution in [3.63, 3.8) is 0 Å². The Bertz CT molecular complexity index is 393. The van der Waals surface area contributed by atoms with Crippen molar-refractivity contribution in [1.29, 1.82) is 0 Å². The van der Waals surface area contributed by atoms with E-state index in [0.717, 1.165) is 17.8 Å². The molecule has 0 aliphatic carbocycles. The van der Waals surface area contributed by atoms with Crippen molar-refractivity contribution in [2.24, 2.45) is 5.73 Å². The first-order chi connectivity index (χ1) is 6.92. The summed E-state index contributed by atoms with van der Waals surface area (Å²) in [4.78, 5) is 7.33. The minimum atomic E-state index is 0.664. The maximum absolute atomic E-state index is 5.55. The van der Waals surface area contributed by atoms with Crippen molar-refractivity contribution < 1.29 is 0 Å². The number of rotatable bonds is 3. The van der Waals surface area contributed by atoms with Gasteiger partial charge in [-0.3, -0.25) is 0 Å². The molecule has 0 bridgehead atoms. The van der Waals surface area contributed by atoms with Gasteiger partial charge in [0.15, 0.2) is 0 Å². The number of hydrogen-bond acceptors (Lipinski definition) is 2. The number of benzene rings is 1. The molecule has 2 aromatic rings. The van der Waals surface area contributed by atoms with Gasteiger partial charge in [0, 0.05) is 18.0 Å². The summed E-state index contributed by atoms with van der Waals surface area (Å²) in [5, 5.41) is 0. The van der Waals surface area contributed by atoms with Crippen LogP contribution >= 0.6 is 0 Å². The van der Waals surface area contributed by atoms with Gasteiger partial charge in [-0.25, -0.2) is 4.98 Å². The normalized spacial score (nSPS) is 10.4. The number of imidazole rings is 1. The van der Waals surface area contributed by atoms with Gasteiger partial charge in [-0.15, -0.1) is 0 Å². The lowest BCUT2D eigenvalue weighted by Gasteiger charge is -2.05. The van der Waals surface area contributed by atoms with Gasteiger partial charge in [-0.1, -0.05) is 24.3 Å². The maximum Gasteiger partial charge on any atom is 0.137 e. The Hall–Kier alpha value is -1.61. The standard InChI is InChI=1S/C11H13N3/c12-6-5-9-3-1-2-4-10(9)11-13-7-8-14-11/h1-4,7-8H,5-6,12H2,(H,13,14). The minimum Gasteiger partial charge on any atom is -0.345 e. The number of aromatic nitrogens is 2. The van der Waals surface area contributed by atoms with Crippen molar-refractivity contribution in [2.75, 3.05) is 6.54 Å². The van der Waals surface area contributed by atoms with E-state index < -0.39 is 0 Å². The molecule has 0 aliphatic rings. The summed E-state index contributed by atoms with van der Waals surface area (Å²) in [6.45, 7) is 0.664. The van der Waals surface area contributed by atoms with Crippen molar-refractivity contribution >= 4 is 0 Å². The molecule has 0 saturated heterocycles. The summed E-state index contributed by atoms with van der Waals surface area (Å²) in [6, 6.07) is 8.18. The fourth-order valence-corrected chi connectivity index (χ4v) is 1.54. The highest BCUT2D eigenvalue weighted by molar-refractivity contribution is 5.59. The second-order valence-electron chi connectivity index (χ2n) is 3.13. The summed E-state index contributed by atoms with van der Waals surface area (Å²) >= 11 is 0. The molecule has 1 aromatic carbocycles. The summed E-state index contributed by atoms with van der Waals surface area (Å²) < 4.78 is 0. The fraction of sp³-hybridized carbons (Fsp3) is 0.182. The average Bonchev–Trinajstić information content (AvgIpc) is 2.72. The van der Waals surface area contributed by atoms with Crippen molar-refractivity contribution in [3.8, 4) is 11.4 Å². The molecule has 0 saturated carbocycles. The van der Waals surface area contributed by atoms with Crippen LogP contribution in [0, 0.1) is 0 Å². The van der Waals surface area contributed by atoms with Crippen LogP contribution in [0.3, 0.4) is 0 Å². The van der Waals surface area contributed by atoms with E-state index in [-0.39, 0.29) is 0 Å². The highest BCUT2D eigenvalue weighted by atomic mass is 14.9. The molecular weight excluding hydrogens is 174 g/mol. The number of nitrogens with two attached hydrogens (primary N) is 1. The molecular formula is C11H13N3. The Labute approximate surface area is 83.0 Å². The van der Waals surface area contributed by atoms with Gasteiger partial charge in [-0.05, 0) is 18.5 Å². The average molecular weight is 187 g/mol. The molecule has 3 N–H and O–H groups in total. The van der Waals surface area contributed by atoms with Crippen LogP contribution in [0.1, 0.15) is 5.56 Å². The number of hydrogen-bond donors (Lipinski definition) is 2. The van der Waals surface area contributed by atoms with Gasteiger partial charge in [0.1, 0.15) is 5.82 Å². The molecule has 0 spiro atoms. The second-order valence-corrected chi connectivity index (χ2v) is 3.13. The smallest absolute Gasteiger partial charge is 0.137 e. The zero-order valence-electron chi connectivity index (χ0n) is 7.90. The lowest BCUT2D eigenvalue weighted by molar-refractivity contribution is 0.968. The van der Waals surface area contributed by atoms with E-state index >= 15 is 0 Å². The first-order valence-corrected chi connectivity index (χ1v) is 4.69. The fourth-order valence-electron chi connectivity index (χ4n) is 1.54. The minimum absolute atomic E-state index is 0.664. The third-order valence-electron chi connectivity index (χ3n) is 2.18. The van der Waals surface area contributed by atoms with Crippen LogP contribution in [0.2, 0.25) is 0 Å². The largest absolute Gasteiger partial charge is 0.345 e. The Morgan fingerprint density at radius 1 is 1.29 bits per heavy atom. The molecule has 0 radical (unpaired) electrons. The first kappa shape index (κ1) is 8.97. The van der Waals surface area contributed by atoms with Crippen LogP contribution in [0.15, 0.2) is 36.7 Å². The zero-order chi connectivity index (χ0) is 9.80. The van der Waals surface area contributed by atoms with Crippen molar-refractivity contribution in [1.82, 2.24) is 9.97 Å². The molecule has 2 rings (SSSR count). The van der Waals surface area contributed by atoms with E-state index in [0.29, 0.717) is 6.54 Å². The Balaban J connectivity index is 2.42. The quantitative estimate of drug-likeness (QED) is 0.766. The second kappa shape index (κ2) is 4.07. The lowest BCUT2D eigenvalue weighted by atomic mass is 10.0. The summed E-state index contributed by atoms with van der Waals surface area (Å²) in [5.41, 5.74) is 7.93. The number of aromatic amines is 1. The number of nitrogens with one attached hydrogen (secondary N) is 1. The summed E-state index contributed by atoms with van der Waals surface area (Å²) in [5.74, 6) is 0.911. The van der Waals surface area contributed by atoms with Gasteiger partial charge < -0.3 is 10.7 Å². The van der Waals surface area contributed by atoms with Crippen LogP contribution < -0.4 is 5.73 Å². The van der Waals surface area contributed by atoms with Crippen molar-refractivity contribution in [2.45, 2.75) is 6.42 Å². The van der Waals surface area contributed by atoms with E-state index in [2.05, 4.69) is 22.1 Å². The topological polar surface area (TPSA) is 54.7 Å². The third kappa shape index (κ3) is 1.67. The highest BCUT2D eigenvalue weighted by Gasteiger charge is 2.04. The predicted molar refractivity (Wildman–Crippen MR) is 56.8 cm³/mol. The van der Waals surface area contributed by atoms with Crippen LogP contribution in [-0.4, -0.2) is 16.5 Å². The predicted octanol–water partition coefficient (Wildman–Crippen LogP) is 1.58. The van der Waals surface area contributed by atoms with Crippen LogP contribution in [0.4, 0.5) is 0 Å². The molecule has 1 heterocycles. The summed E-state index contributed by atoms with van der Waals surface area (Å²) in [6.07, 6.45) is 4.47. The molecule has 1 aromatic heterocycles. The number of H-pyrrole nitrogens is 1. The van der Waals surface area contributed by atoms with Gasteiger partial charge in [0.2, 0.25) is 0 Å². The van der Waals surface area contributed by atoms with E-state index in [1.165, 1.54) is 5.56 Å². The zero-order valence-corrected chi connectivity index (χ0v) is 7.90. The Morgan fingerprint density at radius 3 is 2.86 bits per heavy atom. The maximum atomic E-state index is 5.55. The highest BCUT2D eigenvalue weighted by Crippen LogP contribution is 2.19. The van der Waals surface area contributed by atoms with E-state index in [1.807, 2.05) is 18.3 Å². The lowest BCUT2D eigenvalue weighted by Crippen LogP contribution is -2.04. The molecule has 72 valence electrons.